The van der Waals surface area contributed by atoms with E-state index in [-0.39, 0.29) is 12.0 Å². The lowest BCUT2D eigenvalue weighted by Crippen LogP contribution is -2.49. The van der Waals surface area contributed by atoms with E-state index in [2.05, 4.69) is 0 Å². The predicted octanol–water partition coefficient (Wildman–Crippen LogP) is -0.529. The van der Waals surface area contributed by atoms with Crippen molar-refractivity contribution in [1.82, 2.24) is 0 Å². The van der Waals surface area contributed by atoms with Crippen LogP contribution in [0.15, 0.2) is 0 Å². The molecular weight excluding hydrogens is 160 g/mol. The number of rotatable bonds is 1. The minimum absolute atomic E-state index is 0.168. The largest absolute Gasteiger partial charge is 0.390 e. The van der Waals surface area contributed by atoms with Gasteiger partial charge in [-0.3, -0.25) is 0 Å². The SMILES string of the molecule is CC(C)C1C[C@@H](O)[C@@H](O)[C@@H](O)O1. The van der Waals surface area contributed by atoms with Gasteiger partial charge < -0.3 is 20.1 Å². The molecule has 1 aliphatic rings. The van der Waals surface area contributed by atoms with Gasteiger partial charge in [0.1, 0.15) is 6.10 Å². The Hall–Kier alpha value is -0.160. The Kier molecular flexibility index (Phi) is 3.06. The summed E-state index contributed by atoms with van der Waals surface area (Å²) < 4.78 is 5.08. The molecule has 0 amide bonds. The van der Waals surface area contributed by atoms with E-state index in [9.17, 15) is 5.11 Å². The fourth-order valence-electron chi connectivity index (χ4n) is 1.31. The molecule has 0 aromatic heterocycles. The van der Waals surface area contributed by atoms with E-state index in [0.717, 1.165) is 0 Å². The zero-order valence-electron chi connectivity index (χ0n) is 7.34. The molecule has 4 atom stereocenters. The molecule has 1 fully saturated rings. The van der Waals surface area contributed by atoms with Crippen LogP contribution in [0.3, 0.4) is 0 Å². The fraction of sp³-hybridized carbons (Fsp3) is 1.00. The van der Waals surface area contributed by atoms with E-state index < -0.39 is 18.5 Å². The van der Waals surface area contributed by atoms with Crippen molar-refractivity contribution in [3.05, 3.63) is 0 Å². The Morgan fingerprint density at radius 2 is 1.83 bits per heavy atom. The van der Waals surface area contributed by atoms with Gasteiger partial charge in [0.25, 0.3) is 0 Å². The Morgan fingerprint density at radius 1 is 1.25 bits per heavy atom. The molecule has 1 heterocycles. The first-order valence-corrected chi connectivity index (χ1v) is 4.22. The molecule has 1 rings (SSSR count). The minimum Gasteiger partial charge on any atom is -0.390 e. The van der Waals surface area contributed by atoms with Gasteiger partial charge in [-0.15, -0.1) is 0 Å². The van der Waals surface area contributed by atoms with Crippen LogP contribution in [0.2, 0.25) is 0 Å². The average molecular weight is 176 g/mol. The smallest absolute Gasteiger partial charge is 0.183 e. The molecule has 0 aliphatic carbocycles. The van der Waals surface area contributed by atoms with Gasteiger partial charge in [-0.2, -0.15) is 0 Å². The zero-order chi connectivity index (χ0) is 9.30. The summed E-state index contributed by atoms with van der Waals surface area (Å²) in [4.78, 5) is 0. The molecule has 3 N–H and O–H groups in total. The normalized spacial score (nSPS) is 43.5. The molecule has 72 valence electrons. The summed E-state index contributed by atoms with van der Waals surface area (Å²) in [6.07, 6.45) is -3.07. The Bertz CT molecular complexity index is 136. The van der Waals surface area contributed by atoms with Gasteiger partial charge in [0.15, 0.2) is 6.29 Å². The standard InChI is InChI=1S/C8H16O4/c1-4(2)6-3-5(9)7(10)8(11)12-6/h4-11H,3H2,1-2H3/t5-,6?,7-,8+/m1/s1. The molecular formula is C8H16O4. The van der Waals surface area contributed by atoms with Gasteiger partial charge in [0.05, 0.1) is 12.2 Å². The Labute approximate surface area is 71.8 Å². The van der Waals surface area contributed by atoms with Crippen LogP contribution in [0, 0.1) is 5.92 Å². The quantitative estimate of drug-likeness (QED) is 0.502. The van der Waals surface area contributed by atoms with Crippen molar-refractivity contribution in [2.24, 2.45) is 5.92 Å². The molecule has 1 unspecified atom stereocenters. The lowest BCUT2D eigenvalue weighted by molar-refractivity contribution is -0.254. The van der Waals surface area contributed by atoms with Crippen molar-refractivity contribution in [3.8, 4) is 0 Å². The lowest BCUT2D eigenvalue weighted by atomic mass is 9.95. The zero-order valence-corrected chi connectivity index (χ0v) is 7.34. The van der Waals surface area contributed by atoms with Crippen LogP contribution < -0.4 is 0 Å². The molecule has 1 saturated heterocycles. The second-order valence-electron chi connectivity index (χ2n) is 3.60. The van der Waals surface area contributed by atoms with Crippen molar-refractivity contribution in [2.75, 3.05) is 0 Å². The summed E-state index contributed by atoms with van der Waals surface area (Å²) in [6.45, 7) is 3.89. The number of aliphatic hydroxyl groups is 3. The molecule has 0 radical (unpaired) electrons. The highest BCUT2D eigenvalue weighted by molar-refractivity contribution is 4.81. The minimum atomic E-state index is -1.25. The van der Waals surface area contributed by atoms with Crippen molar-refractivity contribution >= 4 is 0 Å². The monoisotopic (exact) mass is 176 g/mol. The summed E-state index contributed by atoms with van der Waals surface area (Å²) in [6, 6.07) is 0. The molecule has 0 bridgehead atoms. The predicted molar refractivity (Wildman–Crippen MR) is 42.3 cm³/mol. The van der Waals surface area contributed by atoms with Crippen molar-refractivity contribution in [1.29, 1.82) is 0 Å². The highest BCUT2D eigenvalue weighted by atomic mass is 16.6. The molecule has 12 heavy (non-hydrogen) atoms. The summed E-state index contributed by atoms with van der Waals surface area (Å²) in [5, 5.41) is 27.5. The molecule has 4 nitrogen and oxygen atoms in total. The summed E-state index contributed by atoms with van der Waals surface area (Å²) in [5.41, 5.74) is 0. The van der Waals surface area contributed by atoms with E-state index in [1.165, 1.54) is 0 Å². The maximum absolute atomic E-state index is 9.28. The van der Waals surface area contributed by atoms with Crippen molar-refractivity contribution < 1.29 is 20.1 Å². The van der Waals surface area contributed by atoms with E-state index in [1.54, 1.807) is 0 Å². The Balaban J connectivity index is 2.53. The highest BCUT2D eigenvalue weighted by Gasteiger charge is 2.36. The van der Waals surface area contributed by atoms with Gasteiger partial charge in [0, 0.05) is 6.42 Å². The van der Waals surface area contributed by atoms with Crippen LogP contribution in [0.25, 0.3) is 0 Å². The third-order valence-electron chi connectivity index (χ3n) is 2.22. The van der Waals surface area contributed by atoms with Gasteiger partial charge in [-0.1, -0.05) is 13.8 Å². The first-order valence-electron chi connectivity index (χ1n) is 4.22. The highest BCUT2D eigenvalue weighted by Crippen LogP contribution is 2.23. The van der Waals surface area contributed by atoms with Crippen LogP contribution in [-0.4, -0.2) is 39.9 Å². The van der Waals surface area contributed by atoms with Gasteiger partial charge >= 0.3 is 0 Å². The van der Waals surface area contributed by atoms with E-state index >= 15 is 0 Å². The number of aliphatic hydroxyl groups excluding tert-OH is 3. The molecule has 0 spiro atoms. The number of hydrogen-bond acceptors (Lipinski definition) is 4. The first kappa shape index (κ1) is 9.92. The maximum atomic E-state index is 9.28. The number of hydrogen-bond donors (Lipinski definition) is 3. The van der Waals surface area contributed by atoms with Crippen LogP contribution >= 0.6 is 0 Å². The molecule has 1 aliphatic heterocycles. The third-order valence-corrected chi connectivity index (χ3v) is 2.22. The number of ether oxygens (including phenoxy) is 1. The topological polar surface area (TPSA) is 69.9 Å². The molecule has 0 saturated carbocycles. The summed E-state index contributed by atoms with van der Waals surface area (Å²) >= 11 is 0. The van der Waals surface area contributed by atoms with E-state index in [4.69, 9.17) is 14.9 Å². The third kappa shape index (κ3) is 1.95. The van der Waals surface area contributed by atoms with Crippen molar-refractivity contribution in [3.63, 3.8) is 0 Å². The van der Waals surface area contributed by atoms with Crippen LogP contribution in [0.4, 0.5) is 0 Å². The average Bonchev–Trinajstić information content (AvgIpc) is 1.99. The van der Waals surface area contributed by atoms with Crippen LogP contribution in [-0.2, 0) is 4.74 Å². The maximum Gasteiger partial charge on any atom is 0.183 e. The lowest BCUT2D eigenvalue weighted by Gasteiger charge is -2.36. The molecule has 0 aromatic rings. The summed E-state index contributed by atoms with van der Waals surface area (Å²) in [5.74, 6) is 0.238. The Morgan fingerprint density at radius 3 is 2.25 bits per heavy atom. The van der Waals surface area contributed by atoms with E-state index in [1.807, 2.05) is 13.8 Å². The van der Waals surface area contributed by atoms with Gasteiger partial charge in [-0.25, -0.2) is 0 Å². The second kappa shape index (κ2) is 3.70. The van der Waals surface area contributed by atoms with Crippen molar-refractivity contribution in [2.45, 2.75) is 44.9 Å². The second-order valence-corrected chi connectivity index (χ2v) is 3.60. The molecule has 4 heteroatoms. The van der Waals surface area contributed by atoms with Crippen LogP contribution in [0.1, 0.15) is 20.3 Å². The van der Waals surface area contributed by atoms with Gasteiger partial charge in [-0.05, 0) is 5.92 Å². The van der Waals surface area contributed by atoms with Crippen LogP contribution in [0.5, 0.6) is 0 Å². The molecule has 0 aromatic carbocycles. The first-order chi connectivity index (χ1) is 5.52. The summed E-state index contributed by atoms with van der Waals surface area (Å²) in [7, 11) is 0. The fourth-order valence-corrected chi connectivity index (χ4v) is 1.31. The van der Waals surface area contributed by atoms with E-state index in [0.29, 0.717) is 6.42 Å². The van der Waals surface area contributed by atoms with Gasteiger partial charge in [0.2, 0.25) is 0 Å².